The second-order valence-electron chi connectivity index (χ2n) is 5.19. The van der Waals surface area contributed by atoms with Gasteiger partial charge in [0.1, 0.15) is 0 Å². The van der Waals surface area contributed by atoms with Crippen LogP contribution in [0.15, 0.2) is 36.4 Å². The van der Waals surface area contributed by atoms with Crippen LogP contribution in [0.3, 0.4) is 0 Å². The largest absolute Gasteiger partial charge is 0.377 e. The quantitative estimate of drug-likeness (QED) is 0.648. The van der Waals surface area contributed by atoms with E-state index in [9.17, 15) is 0 Å². The molecular weight excluding hydrogens is 234 g/mol. The molecule has 0 atom stereocenters. The number of rotatable bonds is 10. The molecule has 0 unspecified atom stereocenters. The summed E-state index contributed by atoms with van der Waals surface area (Å²) < 4.78 is 5.57. The third-order valence-electron chi connectivity index (χ3n) is 2.77. The lowest BCUT2D eigenvalue weighted by molar-refractivity contribution is 0.158. The van der Waals surface area contributed by atoms with E-state index in [0.29, 0.717) is 6.61 Å². The first-order chi connectivity index (χ1) is 9.29. The molecule has 2 heteroatoms. The van der Waals surface area contributed by atoms with Crippen molar-refractivity contribution in [1.82, 2.24) is 5.32 Å². The normalized spacial score (nSPS) is 11.5. The first-order valence-electron chi connectivity index (χ1n) is 7.29. The fraction of sp³-hybridized carbons (Fsp3) is 0.529. The van der Waals surface area contributed by atoms with Gasteiger partial charge in [-0.25, -0.2) is 0 Å². The molecule has 0 saturated heterocycles. The van der Waals surface area contributed by atoms with Crippen molar-refractivity contribution >= 4 is 6.08 Å². The minimum atomic E-state index is 0.703. The molecule has 1 aromatic carbocycles. The van der Waals surface area contributed by atoms with Crippen LogP contribution in [-0.2, 0) is 4.74 Å². The van der Waals surface area contributed by atoms with Crippen molar-refractivity contribution < 1.29 is 4.74 Å². The SMILES string of the molecule is CC(C)CNCCCCOCC=Cc1ccccc1. The monoisotopic (exact) mass is 261 g/mol. The van der Waals surface area contributed by atoms with E-state index in [4.69, 9.17) is 4.74 Å². The van der Waals surface area contributed by atoms with Crippen LogP contribution >= 0.6 is 0 Å². The smallest absolute Gasteiger partial charge is 0.0650 e. The first kappa shape index (κ1) is 15.9. The molecule has 0 saturated carbocycles. The van der Waals surface area contributed by atoms with Crippen LogP contribution < -0.4 is 5.32 Å². The fourth-order valence-electron chi connectivity index (χ4n) is 1.74. The molecule has 0 aliphatic heterocycles. The van der Waals surface area contributed by atoms with Crippen LogP contribution in [0.5, 0.6) is 0 Å². The zero-order valence-electron chi connectivity index (χ0n) is 12.3. The van der Waals surface area contributed by atoms with Gasteiger partial charge < -0.3 is 10.1 Å². The number of ether oxygens (including phenoxy) is 1. The van der Waals surface area contributed by atoms with Crippen LogP contribution in [0.4, 0.5) is 0 Å². The molecule has 0 heterocycles. The summed E-state index contributed by atoms with van der Waals surface area (Å²) >= 11 is 0. The summed E-state index contributed by atoms with van der Waals surface area (Å²) in [6.45, 7) is 8.23. The molecule has 0 aliphatic rings. The minimum absolute atomic E-state index is 0.703. The molecule has 19 heavy (non-hydrogen) atoms. The van der Waals surface area contributed by atoms with E-state index < -0.39 is 0 Å². The summed E-state index contributed by atoms with van der Waals surface area (Å²) in [6.07, 6.45) is 6.50. The Morgan fingerprint density at radius 1 is 1.16 bits per heavy atom. The minimum Gasteiger partial charge on any atom is -0.377 e. The maximum atomic E-state index is 5.57. The molecule has 0 amide bonds. The van der Waals surface area contributed by atoms with Gasteiger partial charge in [0.25, 0.3) is 0 Å². The molecule has 0 radical (unpaired) electrons. The second-order valence-corrected chi connectivity index (χ2v) is 5.19. The Labute approximate surface area is 117 Å². The van der Waals surface area contributed by atoms with E-state index in [1.54, 1.807) is 0 Å². The fourth-order valence-corrected chi connectivity index (χ4v) is 1.74. The van der Waals surface area contributed by atoms with E-state index >= 15 is 0 Å². The summed E-state index contributed by atoms with van der Waals surface area (Å²) in [5, 5.41) is 3.44. The maximum absolute atomic E-state index is 5.57. The molecule has 0 spiro atoms. The van der Waals surface area contributed by atoms with E-state index in [1.807, 2.05) is 18.2 Å². The third-order valence-corrected chi connectivity index (χ3v) is 2.77. The van der Waals surface area contributed by atoms with Gasteiger partial charge in [-0.15, -0.1) is 0 Å². The Balaban J connectivity index is 1.90. The third kappa shape index (κ3) is 9.46. The first-order valence-corrected chi connectivity index (χ1v) is 7.29. The van der Waals surface area contributed by atoms with Crippen molar-refractivity contribution in [3.63, 3.8) is 0 Å². The number of unbranched alkanes of at least 4 members (excludes halogenated alkanes) is 1. The number of hydrogen-bond acceptors (Lipinski definition) is 2. The lowest BCUT2D eigenvalue weighted by atomic mass is 10.2. The van der Waals surface area contributed by atoms with Crippen LogP contribution in [0.2, 0.25) is 0 Å². The Bertz CT molecular complexity index is 332. The highest BCUT2D eigenvalue weighted by Gasteiger charge is 1.92. The van der Waals surface area contributed by atoms with Crippen LogP contribution in [0.1, 0.15) is 32.3 Å². The van der Waals surface area contributed by atoms with Gasteiger partial charge in [-0.05, 0) is 37.4 Å². The average Bonchev–Trinajstić information content (AvgIpc) is 2.42. The highest BCUT2D eigenvalue weighted by molar-refractivity contribution is 5.48. The topological polar surface area (TPSA) is 21.3 Å². The molecule has 1 aromatic rings. The number of hydrogen-bond donors (Lipinski definition) is 1. The van der Waals surface area contributed by atoms with Gasteiger partial charge in [0.2, 0.25) is 0 Å². The van der Waals surface area contributed by atoms with Crippen molar-refractivity contribution in [2.24, 2.45) is 5.92 Å². The average molecular weight is 261 g/mol. The van der Waals surface area contributed by atoms with Gasteiger partial charge >= 0.3 is 0 Å². The van der Waals surface area contributed by atoms with Crippen LogP contribution in [0.25, 0.3) is 6.08 Å². The van der Waals surface area contributed by atoms with Crippen LogP contribution in [0, 0.1) is 5.92 Å². The molecule has 0 aliphatic carbocycles. The van der Waals surface area contributed by atoms with Gasteiger partial charge in [-0.1, -0.05) is 56.3 Å². The summed E-state index contributed by atoms with van der Waals surface area (Å²) in [5.41, 5.74) is 1.23. The lowest BCUT2D eigenvalue weighted by Crippen LogP contribution is -2.20. The van der Waals surface area contributed by atoms with Crippen molar-refractivity contribution in [1.29, 1.82) is 0 Å². The van der Waals surface area contributed by atoms with E-state index in [-0.39, 0.29) is 0 Å². The van der Waals surface area contributed by atoms with Crippen molar-refractivity contribution in [3.8, 4) is 0 Å². The highest BCUT2D eigenvalue weighted by Crippen LogP contribution is 2.00. The Morgan fingerprint density at radius 2 is 1.95 bits per heavy atom. The zero-order valence-corrected chi connectivity index (χ0v) is 12.3. The van der Waals surface area contributed by atoms with E-state index in [2.05, 4.69) is 43.4 Å². The molecule has 106 valence electrons. The number of benzene rings is 1. The van der Waals surface area contributed by atoms with E-state index in [1.165, 1.54) is 12.0 Å². The summed E-state index contributed by atoms with van der Waals surface area (Å²) in [7, 11) is 0. The summed E-state index contributed by atoms with van der Waals surface area (Å²) in [6, 6.07) is 10.3. The van der Waals surface area contributed by atoms with Crippen molar-refractivity contribution in [2.75, 3.05) is 26.3 Å². The second kappa shape index (κ2) is 10.8. The lowest BCUT2D eigenvalue weighted by Gasteiger charge is -2.06. The van der Waals surface area contributed by atoms with Gasteiger partial charge in [0.15, 0.2) is 0 Å². The predicted molar refractivity (Wildman–Crippen MR) is 83.2 cm³/mol. The van der Waals surface area contributed by atoms with Crippen molar-refractivity contribution in [3.05, 3.63) is 42.0 Å². The number of nitrogens with one attached hydrogen (secondary N) is 1. The van der Waals surface area contributed by atoms with Gasteiger partial charge in [-0.2, -0.15) is 0 Å². The standard InChI is InChI=1S/C17H27NO/c1-16(2)15-18-12-6-7-13-19-14-8-11-17-9-4-3-5-10-17/h3-5,8-11,16,18H,6-7,12-15H2,1-2H3. The highest BCUT2D eigenvalue weighted by atomic mass is 16.5. The van der Waals surface area contributed by atoms with E-state index in [0.717, 1.165) is 32.0 Å². The van der Waals surface area contributed by atoms with Crippen molar-refractivity contribution in [2.45, 2.75) is 26.7 Å². The Kier molecular flexibility index (Phi) is 9.03. The molecule has 1 rings (SSSR count). The molecular formula is C17H27NO. The Hall–Kier alpha value is -1.12. The maximum Gasteiger partial charge on any atom is 0.0650 e. The predicted octanol–water partition coefficient (Wildman–Crippen LogP) is 3.74. The molecule has 2 nitrogen and oxygen atoms in total. The zero-order chi connectivity index (χ0) is 13.8. The van der Waals surface area contributed by atoms with Gasteiger partial charge in [0.05, 0.1) is 6.61 Å². The summed E-state index contributed by atoms with van der Waals surface area (Å²) in [4.78, 5) is 0. The Morgan fingerprint density at radius 3 is 2.68 bits per heavy atom. The van der Waals surface area contributed by atoms with Crippen LogP contribution in [-0.4, -0.2) is 26.3 Å². The molecule has 1 N–H and O–H groups in total. The summed E-state index contributed by atoms with van der Waals surface area (Å²) in [5.74, 6) is 0.736. The molecule has 0 fully saturated rings. The van der Waals surface area contributed by atoms with Gasteiger partial charge in [-0.3, -0.25) is 0 Å². The van der Waals surface area contributed by atoms with Gasteiger partial charge in [0, 0.05) is 6.61 Å². The molecule has 0 bridgehead atoms. The molecule has 0 aromatic heterocycles.